The van der Waals surface area contributed by atoms with E-state index in [1.54, 1.807) is 18.5 Å². The molecule has 0 bridgehead atoms. The molecule has 0 aliphatic carbocycles. The zero-order valence-electron chi connectivity index (χ0n) is 20.1. The molecule has 2 N–H and O–H groups in total. The highest BCUT2D eigenvalue weighted by atomic mass is 16.2. The molecule has 1 saturated heterocycles. The Morgan fingerprint density at radius 2 is 1.86 bits per heavy atom. The average Bonchev–Trinajstić information content (AvgIpc) is 2.92. The number of carbonyl (C=O) groups is 2. The minimum atomic E-state index is -0.328. The van der Waals surface area contributed by atoms with Crippen LogP contribution in [0.1, 0.15) is 47.2 Å². The van der Waals surface area contributed by atoms with Gasteiger partial charge in [-0.3, -0.25) is 9.59 Å². The fraction of sp³-hybridized carbons (Fsp3) is 0.296. The number of benzene rings is 1. The highest BCUT2D eigenvalue weighted by Gasteiger charge is 2.24. The van der Waals surface area contributed by atoms with E-state index in [9.17, 15) is 9.59 Å². The van der Waals surface area contributed by atoms with Crippen LogP contribution in [-0.2, 0) is 4.79 Å². The van der Waals surface area contributed by atoms with Crippen molar-refractivity contribution in [2.24, 2.45) is 0 Å². The quantitative estimate of drug-likeness (QED) is 0.531. The van der Waals surface area contributed by atoms with E-state index in [0.717, 1.165) is 49.3 Å². The topological polar surface area (TPSA) is 114 Å². The summed E-state index contributed by atoms with van der Waals surface area (Å²) < 4.78 is 0. The summed E-state index contributed by atoms with van der Waals surface area (Å²) in [4.78, 5) is 39.7. The zero-order valence-corrected chi connectivity index (χ0v) is 20.1. The molecule has 0 atom stereocenters. The molecule has 2 amide bonds. The Bertz CT molecular complexity index is 1270. The molecule has 2 aromatic heterocycles. The van der Waals surface area contributed by atoms with Gasteiger partial charge in [0.15, 0.2) is 0 Å². The normalized spacial score (nSPS) is 15.4. The van der Waals surface area contributed by atoms with Crippen molar-refractivity contribution < 1.29 is 9.59 Å². The summed E-state index contributed by atoms with van der Waals surface area (Å²) in [6, 6.07) is 10.1. The Labute approximate surface area is 210 Å². The Kier molecular flexibility index (Phi) is 6.99. The van der Waals surface area contributed by atoms with Crippen molar-refractivity contribution in [1.29, 1.82) is 0 Å². The summed E-state index contributed by atoms with van der Waals surface area (Å²) >= 11 is 0. The van der Waals surface area contributed by atoms with E-state index in [1.807, 2.05) is 30.0 Å². The maximum absolute atomic E-state index is 12.6. The van der Waals surface area contributed by atoms with Gasteiger partial charge in [-0.2, -0.15) is 0 Å². The Hall–Kier alpha value is -4.11. The van der Waals surface area contributed by atoms with Gasteiger partial charge in [0, 0.05) is 42.9 Å². The van der Waals surface area contributed by atoms with E-state index in [-0.39, 0.29) is 11.8 Å². The van der Waals surface area contributed by atoms with Crippen molar-refractivity contribution in [3.05, 3.63) is 71.9 Å². The molecular weight excluding hydrogens is 454 g/mol. The molecule has 36 heavy (non-hydrogen) atoms. The van der Waals surface area contributed by atoms with Gasteiger partial charge in [-0.1, -0.05) is 19.1 Å². The van der Waals surface area contributed by atoms with Crippen LogP contribution in [-0.4, -0.2) is 57.8 Å². The number of hydrogen-bond acceptors (Lipinski definition) is 7. The first kappa shape index (κ1) is 23.6. The molecule has 183 valence electrons. The molecule has 4 heterocycles. The first-order chi connectivity index (χ1) is 17.6. The number of piperidine rings is 1. The maximum atomic E-state index is 12.6. The molecule has 1 fully saturated rings. The van der Waals surface area contributed by atoms with Gasteiger partial charge in [-0.25, -0.2) is 20.3 Å². The molecule has 5 rings (SSSR count). The summed E-state index contributed by atoms with van der Waals surface area (Å²) in [6.45, 7) is 4.76. The second-order valence-corrected chi connectivity index (χ2v) is 8.88. The summed E-state index contributed by atoms with van der Waals surface area (Å²) in [6.07, 6.45) is 10.1. The largest absolute Gasteiger partial charge is 0.342 e. The highest BCUT2D eigenvalue weighted by Crippen LogP contribution is 2.32. The van der Waals surface area contributed by atoms with Crippen molar-refractivity contribution in [3.8, 4) is 11.3 Å². The molecule has 2 aliphatic rings. The number of amides is 2. The van der Waals surface area contributed by atoms with Crippen molar-refractivity contribution >= 4 is 29.4 Å². The first-order valence-electron chi connectivity index (χ1n) is 12.2. The molecule has 0 spiro atoms. The predicted molar refractivity (Wildman–Crippen MR) is 138 cm³/mol. The van der Waals surface area contributed by atoms with Crippen LogP contribution >= 0.6 is 0 Å². The van der Waals surface area contributed by atoms with E-state index < -0.39 is 0 Å². The van der Waals surface area contributed by atoms with Gasteiger partial charge in [-0.05, 0) is 60.7 Å². The van der Waals surface area contributed by atoms with Gasteiger partial charge in [0.25, 0.3) is 5.91 Å². The fourth-order valence-corrected chi connectivity index (χ4v) is 4.62. The standard InChI is InChI=1S/C27H28N7O2/c1-2-28-16-24(35)34-11-8-19(9-12-34)18-3-5-22(6-4-18)32-26-25-20(7-10-31-27(25)36)13-23(33-26)21-14-29-17-30-15-21/h3-7,10,13-15,17,19,28H,2,8-9,11-12,16H2,1H3,(H,32,33). The van der Waals surface area contributed by atoms with Crippen LogP contribution in [0.5, 0.6) is 0 Å². The Balaban J connectivity index is 1.32. The number of aromatic nitrogens is 3. The summed E-state index contributed by atoms with van der Waals surface area (Å²) in [5.74, 6) is 0.710. The van der Waals surface area contributed by atoms with E-state index in [0.29, 0.717) is 29.5 Å². The molecule has 9 nitrogen and oxygen atoms in total. The smallest absolute Gasteiger partial charge is 0.281 e. The summed E-state index contributed by atoms with van der Waals surface area (Å²) in [5, 5.41) is 10.4. The SMILES string of the molecule is CCNCC(=O)N1CCC(c2ccc(Nc3nc(-c4cncnc4)cc4c3C(=O)[N]C=C4)cc2)CC1. The number of rotatable bonds is 7. The van der Waals surface area contributed by atoms with Crippen LogP contribution in [0.4, 0.5) is 11.5 Å². The minimum Gasteiger partial charge on any atom is -0.342 e. The lowest BCUT2D eigenvalue weighted by Crippen LogP contribution is -2.42. The van der Waals surface area contributed by atoms with Crippen LogP contribution in [0.3, 0.4) is 0 Å². The lowest BCUT2D eigenvalue weighted by atomic mass is 9.89. The van der Waals surface area contributed by atoms with Gasteiger partial charge in [0.2, 0.25) is 5.91 Å². The molecule has 3 aromatic rings. The third-order valence-corrected chi connectivity index (χ3v) is 6.58. The molecule has 9 heteroatoms. The predicted octanol–water partition coefficient (Wildman–Crippen LogP) is 3.33. The van der Waals surface area contributed by atoms with Crippen LogP contribution in [0.15, 0.2) is 55.3 Å². The number of nitrogens with zero attached hydrogens (tertiary/aromatic N) is 5. The summed E-state index contributed by atoms with van der Waals surface area (Å²) in [7, 11) is 0. The maximum Gasteiger partial charge on any atom is 0.281 e. The molecule has 1 aromatic carbocycles. The number of pyridine rings is 1. The Morgan fingerprint density at radius 3 is 2.58 bits per heavy atom. The number of hydrogen-bond donors (Lipinski definition) is 2. The average molecular weight is 483 g/mol. The second kappa shape index (κ2) is 10.7. The van der Waals surface area contributed by atoms with Crippen LogP contribution < -0.4 is 16.0 Å². The molecule has 2 aliphatic heterocycles. The molecule has 1 radical (unpaired) electrons. The lowest BCUT2D eigenvalue weighted by Gasteiger charge is -2.32. The third kappa shape index (κ3) is 5.11. The molecule has 0 unspecified atom stereocenters. The fourth-order valence-electron chi connectivity index (χ4n) is 4.62. The minimum absolute atomic E-state index is 0.172. The van der Waals surface area contributed by atoms with Crippen LogP contribution in [0.2, 0.25) is 0 Å². The zero-order chi connectivity index (χ0) is 24.9. The number of fused-ring (bicyclic) bond motifs is 1. The monoisotopic (exact) mass is 482 g/mol. The van der Waals surface area contributed by atoms with Gasteiger partial charge in [0.05, 0.1) is 17.8 Å². The molecular formula is C27H28N7O2. The lowest BCUT2D eigenvalue weighted by molar-refractivity contribution is -0.131. The van der Waals surface area contributed by atoms with Crippen molar-refractivity contribution in [1.82, 2.24) is 30.5 Å². The van der Waals surface area contributed by atoms with E-state index in [4.69, 9.17) is 4.98 Å². The number of likely N-dealkylation sites (tertiary alicyclic amines) is 1. The number of nitrogens with one attached hydrogen (secondary N) is 2. The number of anilines is 2. The van der Waals surface area contributed by atoms with E-state index >= 15 is 0 Å². The van der Waals surface area contributed by atoms with Gasteiger partial charge >= 0.3 is 0 Å². The van der Waals surface area contributed by atoms with Gasteiger partial charge in [0.1, 0.15) is 12.1 Å². The van der Waals surface area contributed by atoms with Gasteiger partial charge < -0.3 is 15.5 Å². The molecule has 0 saturated carbocycles. The van der Waals surface area contributed by atoms with Gasteiger partial charge in [-0.15, -0.1) is 0 Å². The summed E-state index contributed by atoms with van der Waals surface area (Å²) in [5.41, 5.74) is 4.70. The third-order valence-electron chi connectivity index (χ3n) is 6.58. The highest BCUT2D eigenvalue weighted by molar-refractivity contribution is 6.05. The first-order valence-corrected chi connectivity index (χ1v) is 12.2. The van der Waals surface area contributed by atoms with Crippen molar-refractivity contribution in [2.75, 3.05) is 31.5 Å². The van der Waals surface area contributed by atoms with E-state index in [1.165, 1.54) is 18.1 Å². The number of carbonyl (C=O) groups excluding carboxylic acids is 2. The van der Waals surface area contributed by atoms with Crippen molar-refractivity contribution in [2.45, 2.75) is 25.7 Å². The van der Waals surface area contributed by atoms with Crippen LogP contribution in [0.25, 0.3) is 17.3 Å². The van der Waals surface area contributed by atoms with E-state index in [2.05, 4.69) is 38.1 Å². The second-order valence-electron chi connectivity index (χ2n) is 8.88. The Morgan fingerprint density at radius 1 is 1.11 bits per heavy atom. The number of likely N-dealkylation sites (N-methyl/N-ethyl adjacent to an activating group) is 1. The van der Waals surface area contributed by atoms with Crippen LogP contribution in [0, 0.1) is 0 Å². The van der Waals surface area contributed by atoms with Crippen molar-refractivity contribution in [3.63, 3.8) is 0 Å².